The van der Waals surface area contributed by atoms with Gasteiger partial charge in [-0.25, -0.2) is 0 Å². The normalized spacial score (nSPS) is 8.86. The maximum Gasteiger partial charge on any atom is 0.0729 e. The Morgan fingerprint density at radius 2 is 0.786 bits per heavy atom. The molecule has 0 aromatic carbocycles. The van der Waals surface area contributed by atoms with Crippen molar-refractivity contribution in [3.8, 4) is 49.4 Å². The molecule has 0 N–H and O–H groups in total. The molecule has 0 fully saturated rings. The molecule has 0 nitrogen and oxygen atoms in total. The Balaban J connectivity index is 3.60. The molecular formula is C12H4P2. The van der Waals surface area contributed by atoms with E-state index in [0.717, 1.165) is 37.6 Å². The second-order valence-corrected chi connectivity index (χ2v) is 4.43. The highest BCUT2D eigenvalue weighted by molar-refractivity contribution is 7.40. The molecule has 0 atom stereocenters. The molecular weight excluding hydrogens is 206 g/mol. The van der Waals surface area contributed by atoms with Gasteiger partial charge in [0.1, 0.15) is 0 Å². The van der Waals surface area contributed by atoms with E-state index in [1.807, 2.05) is 0 Å². The molecule has 0 unspecified atom stereocenters. The number of hydrogen-bond acceptors (Lipinski definition) is 0. The first-order chi connectivity index (χ1) is 6.76. The lowest BCUT2D eigenvalue weighted by Gasteiger charge is -1.99. The maximum atomic E-state index is 5.32. The van der Waals surface area contributed by atoms with Gasteiger partial charge in [-0.15, -0.1) is 25.7 Å². The van der Waals surface area contributed by atoms with E-state index in [0.29, 0.717) is 0 Å². The van der Waals surface area contributed by atoms with Crippen molar-refractivity contribution in [1.82, 2.24) is 0 Å². The Bertz CT molecular complexity index is 442. The molecule has 0 spiro atoms. The molecule has 0 amide bonds. The van der Waals surface area contributed by atoms with Crippen molar-refractivity contribution in [2.45, 2.75) is 0 Å². The van der Waals surface area contributed by atoms with Crippen LogP contribution in [-0.4, -0.2) is 0 Å². The van der Waals surface area contributed by atoms with Crippen LogP contribution in [0, 0.1) is 49.4 Å². The summed E-state index contributed by atoms with van der Waals surface area (Å²) in [6.45, 7) is 0. The summed E-state index contributed by atoms with van der Waals surface area (Å²) in [5.74, 6) is 10.1. The first kappa shape index (κ1) is 10.4. The standard InChI is InChI=1S/C12H4P2/c1-5-9-10(6-2)14-12(8-4)11(7-3)13-9/h1-4H. The number of rotatable bonds is 0. The fourth-order valence-corrected chi connectivity index (χ4v) is 2.83. The van der Waals surface area contributed by atoms with Gasteiger partial charge in [0.15, 0.2) is 0 Å². The van der Waals surface area contributed by atoms with Gasteiger partial charge in [-0.1, -0.05) is 23.7 Å². The largest absolute Gasteiger partial charge is 0.114 e. The maximum absolute atomic E-state index is 5.32. The summed E-state index contributed by atoms with van der Waals surface area (Å²) in [6.07, 6.45) is 21.3. The van der Waals surface area contributed by atoms with E-state index in [1.165, 1.54) is 0 Å². The third kappa shape index (κ3) is 1.80. The molecule has 1 aromatic heterocycles. The van der Waals surface area contributed by atoms with Gasteiger partial charge in [0.25, 0.3) is 0 Å². The summed E-state index contributed by atoms with van der Waals surface area (Å²) >= 11 is 0. The Morgan fingerprint density at radius 1 is 0.571 bits per heavy atom. The Morgan fingerprint density at radius 3 is 0.929 bits per heavy atom. The van der Waals surface area contributed by atoms with Gasteiger partial charge in [0, 0.05) is 0 Å². The highest BCUT2D eigenvalue weighted by Crippen LogP contribution is 2.33. The summed E-state index contributed by atoms with van der Waals surface area (Å²) in [5, 5.41) is 2.95. The van der Waals surface area contributed by atoms with Crippen molar-refractivity contribution in [2.24, 2.45) is 0 Å². The Hall–Kier alpha value is -1.68. The molecule has 62 valence electrons. The van der Waals surface area contributed by atoms with Crippen LogP contribution in [0.1, 0.15) is 21.2 Å². The van der Waals surface area contributed by atoms with Gasteiger partial charge in [-0.3, -0.25) is 0 Å². The molecule has 0 aliphatic carbocycles. The van der Waals surface area contributed by atoms with Crippen LogP contribution in [0.3, 0.4) is 0 Å². The van der Waals surface area contributed by atoms with Crippen LogP contribution in [0.5, 0.6) is 0 Å². The topological polar surface area (TPSA) is 0 Å². The van der Waals surface area contributed by atoms with Crippen molar-refractivity contribution in [2.75, 3.05) is 0 Å². The number of hydrogen-bond donors (Lipinski definition) is 0. The van der Waals surface area contributed by atoms with Crippen molar-refractivity contribution >= 4 is 16.4 Å². The zero-order valence-electron chi connectivity index (χ0n) is 7.20. The van der Waals surface area contributed by atoms with Crippen LogP contribution in [0.25, 0.3) is 0 Å². The van der Waals surface area contributed by atoms with Crippen molar-refractivity contribution < 1.29 is 0 Å². The highest BCUT2D eigenvalue weighted by Gasteiger charge is 2.05. The summed E-state index contributed by atoms with van der Waals surface area (Å²) in [7, 11) is 1.55. The third-order valence-corrected chi connectivity index (χ3v) is 4.10. The van der Waals surface area contributed by atoms with E-state index in [-0.39, 0.29) is 0 Å². The molecule has 0 aliphatic rings. The van der Waals surface area contributed by atoms with Crippen LogP contribution in [0.4, 0.5) is 0 Å². The molecule has 1 aromatic rings. The molecule has 0 saturated heterocycles. The third-order valence-electron chi connectivity index (χ3n) is 1.44. The minimum Gasteiger partial charge on any atom is -0.114 e. The van der Waals surface area contributed by atoms with Crippen molar-refractivity contribution in [3.63, 3.8) is 0 Å². The second-order valence-electron chi connectivity index (χ2n) is 2.20. The summed E-state index contributed by atoms with van der Waals surface area (Å²) in [4.78, 5) is 0. The van der Waals surface area contributed by atoms with Crippen LogP contribution in [0.2, 0.25) is 0 Å². The van der Waals surface area contributed by atoms with Crippen LogP contribution < -0.4 is 0 Å². The molecule has 0 saturated carbocycles. The molecule has 0 aliphatic heterocycles. The smallest absolute Gasteiger partial charge is 0.0729 e. The van der Waals surface area contributed by atoms with E-state index in [4.69, 9.17) is 25.7 Å². The van der Waals surface area contributed by atoms with Gasteiger partial charge in [-0.05, 0) is 16.4 Å². The lowest BCUT2D eigenvalue weighted by atomic mass is 10.4. The first-order valence-corrected chi connectivity index (χ1v) is 5.34. The zero-order valence-corrected chi connectivity index (χ0v) is 8.99. The Kier molecular flexibility index (Phi) is 3.36. The predicted octanol–water partition coefficient (Wildman–Crippen LogP) is 2.77. The lowest BCUT2D eigenvalue weighted by molar-refractivity contribution is 1.88. The van der Waals surface area contributed by atoms with E-state index >= 15 is 0 Å². The average molecular weight is 210 g/mol. The lowest BCUT2D eigenvalue weighted by Crippen LogP contribution is -1.80. The quantitative estimate of drug-likeness (QED) is 0.577. The minimum atomic E-state index is 0.737. The fourth-order valence-electron chi connectivity index (χ4n) is 0.838. The van der Waals surface area contributed by atoms with Gasteiger partial charge >= 0.3 is 0 Å². The summed E-state index contributed by atoms with van der Waals surface area (Å²) < 4.78 is 0. The van der Waals surface area contributed by atoms with E-state index in [9.17, 15) is 0 Å². The first-order valence-electron chi connectivity index (χ1n) is 3.55. The highest BCUT2D eigenvalue weighted by atomic mass is 31.0. The van der Waals surface area contributed by atoms with Gasteiger partial charge in [0.2, 0.25) is 0 Å². The van der Waals surface area contributed by atoms with Crippen molar-refractivity contribution in [1.29, 1.82) is 0 Å². The van der Waals surface area contributed by atoms with E-state index in [2.05, 4.69) is 23.7 Å². The fraction of sp³-hybridized carbons (Fsp3) is 0. The van der Waals surface area contributed by atoms with Crippen LogP contribution in [0.15, 0.2) is 0 Å². The molecule has 1 heterocycles. The van der Waals surface area contributed by atoms with E-state index in [1.54, 1.807) is 0 Å². The van der Waals surface area contributed by atoms with Crippen molar-refractivity contribution in [3.05, 3.63) is 21.2 Å². The molecule has 14 heavy (non-hydrogen) atoms. The summed E-state index contributed by atoms with van der Waals surface area (Å²) in [5.41, 5.74) is 0. The zero-order chi connectivity index (χ0) is 10.6. The van der Waals surface area contributed by atoms with Gasteiger partial charge < -0.3 is 0 Å². The Labute approximate surface area is 87.3 Å². The predicted molar refractivity (Wildman–Crippen MR) is 63.2 cm³/mol. The monoisotopic (exact) mass is 210 g/mol. The molecule has 0 bridgehead atoms. The van der Waals surface area contributed by atoms with Crippen LogP contribution >= 0.6 is 16.4 Å². The summed E-state index contributed by atoms with van der Waals surface area (Å²) in [6, 6.07) is 0. The average Bonchev–Trinajstić information content (AvgIpc) is 2.26. The number of terminal acetylenes is 4. The SMILES string of the molecule is C#Cc1pc(C#C)c(C#C)pc1C#C. The molecule has 1 rings (SSSR count). The van der Waals surface area contributed by atoms with Gasteiger partial charge in [-0.2, -0.15) is 0 Å². The minimum absolute atomic E-state index is 0.737. The van der Waals surface area contributed by atoms with E-state index < -0.39 is 0 Å². The van der Waals surface area contributed by atoms with Crippen LogP contribution in [-0.2, 0) is 0 Å². The molecule has 0 radical (unpaired) electrons. The van der Waals surface area contributed by atoms with Gasteiger partial charge in [0.05, 0.1) is 21.2 Å². The second kappa shape index (κ2) is 4.53. The molecule has 2 heteroatoms.